The van der Waals surface area contributed by atoms with Crippen LogP contribution in [0.1, 0.15) is 29.5 Å². The molecule has 1 aliphatic heterocycles. The summed E-state index contributed by atoms with van der Waals surface area (Å²) >= 11 is 1.82. The molecule has 1 atom stereocenters. The maximum absolute atomic E-state index is 8.78. The number of nitrogens with zero attached hydrogens (tertiary/aromatic N) is 3. The highest BCUT2D eigenvalue weighted by Crippen LogP contribution is 2.28. The van der Waals surface area contributed by atoms with Gasteiger partial charge < -0.3 is 5.32 Å². The molecule has 0 radical (unpaired) electrons. The number of nitriles is 1. The van der Waals surface area contributed by atoms with E-state index in [0.717, 1.165) is 12.2 Å². The molecule has 0 saturated carbocycles. The second-order valence-electron chi connectivity index (χ2n) is 5.20. The summed E-state index contributed by atoms with van der Waals surface area (Å²) < 4.78 is 0. The van der Waals surface area contributed by atoms with Crippen molar-refractivity contribution in [1.29, 1.82) is 5.26 Å². The number of anilines is 1. The van der Waals surface area contributed by atoms with Crippen LogP contribution in [-0.2, 0) is 0 Å². The number of likely N-dealkylation sites (tertiary alicyclic amines) is 1. The fourth-order valence-corrected chi connectivity index (χ4v) is 3.58. The van der Waals surface area contributed by atoms with Gasteiger partial charge in [-0.3, -0.25) is 4.90 Å². The number of aromatic nitrogens is 1. The quantitative estimate of drug-likeness (QED) is 0.920. The van der Waals surface area contributed by atoms with Crippen LogP contribution < -0.4 is 5.32 Å². The average Bonchev–Trinajstić information content (AvgIpc) is 3.22. The van der Waals surface area contributed by atoms with Gasteiger partial charge in [0.15, 0.2) is 0 Å². The Bertz CT molecular complexity index is 594. The topological polar surface area (TPSA) is 52.0 Å². The van der Waals surface area contributed by atoms with Crippen LogP contribution >= 0.6 is 11.3 Å². The number of thiophene rings is 1. The first-order valence-corrected chi connectivity index (χ1v) is 8.12. The molecule has 1 saturated heterocycles. The highest BCUT2D eigenvalue weighted by molar-refractivity contribution is 7.10. The van der Waals surface area contributed by atoms with E-state index >= 15 is 0 Å². The first-order valence-electron chi connectivity index (χ1n) is 7.24. The van der Waals surface area contributed by atoms with Crippen LogP contribution in [0.3, 0.4) is 0 Å². The van der Waals surface area contributed by atoms with E-state index in [9.17, 15) is 0 Å². The molecule has 108 valence electrons. The lowest BCUT2D eigenvalue weighted by atomic mass is 10.2. The van der Waals surface area contributed by atoms with Crippen molar-refractivity contribution in [3.05, 3.63) is 46.4 Å². The van der Waals surface area contributed by atoms with E-state index in [1.807, 2.05) is 23.5 Å². The molecule has 1 N–H and O–H groups in total. The Balaban J connectivity index is 1.68. The third kappa shape index (κ3) is 3.41. The first kappa shape index (κ1) is 14.1. The third-order valence-corrected chi connectivity index (χ3v) is 4.80. The van der Waals surface area contributed by atoms with Crippen LogP contribution in [0.25, 0.3) is 0 Å². The summed E-state index contributed by atoms with van der Waals surface area (Å²) in [5, 5.41) is 14.4. The van der Waals surface area contributed by atoms with Gasteiger partial charge in [0, 0.05) is 11.4 Å². The standard InChI is InChI=1S/C16H18N4S/c17-10-13-5-6-14(11-18-13)19-12-15(16-4-3-9-21-16)20-7-1-2-8-20/h3-6,9,11,15,19H,1-2,7-8,12H2. The predicted octanol–water partition coefficient (Wildman–Crippen LogP) is 3.26. The van der Waals surface area contributed by atoms with Crippen molar-refractivity contribution in [2.45, 2.75) is 18.9 Å². The number of rotatable bonds is 5. The second-order valence-corrected chi connectivity index (χ2v) is 6.18. The van der Waals surface area contributed by atoms with Gasteiger partial charge in [0.2, 0.25) is 0 Å². The fraction of sp³-hybridized carbons (Fsp3) is 0.375. The molecule has 21 heavy (non-hydrogen) atoms. The molecule has 5 heteroatoms. The molecule has 1 aliphatic rings. The average molecular weight is 298 g/mol. The summed E-state index contributed by atoms with van der Waals surface area (Å²) in [7, 11) is 0. The normalized spacial score (nSPS) is 16.5. The van der Waals surface area contributed by atoms with Crippen LogP contribution in [0.4, 0.5) is 5.69 Å². The predicted molar refractivity (Wildman–Crippen MR) is 85.3 cm³/mol. The van der Waals surface area contributed by atoms with E-state index in [2.05, 4.69) is 32.7 Å². The number of hydrogen-bond donors (Lipinski definition) is 1. The summed E-state index contributed by atoms with van der Waals surface area (Å²) in [6.07, 6.45) is 4.31. The molecule has 0 amide bonds. The Labute approximate surface area is 129 Å². The zero-order chi connectivity index (χ0) is 14.5. The minimum Gasteiger partial charge on any atom is -0.382 e. The summed E-state index contributed by atoms with van der Waals surface area (Å²) in [6.45, 7) is 3.22. The summed E-state index contributed by atoms with van der Waals surface area (Å²) in [6, 6.07) is 10.5. The van der Waals surface area contributed by atoms with E-state index in [0.29, 0.717) is 11.7 Å². The lowest BCUT2D eigenvalue weighted by Gasteiger charge is -2.27. The molecule has 1 unspecified atom stereocenters. The van der Waals surface area contributed by atoms with Crippen LogP contribution in [0.15, 0.2) is 35.8 Å². The van der Waals surface area contributed by atoms with Gasteiger partial charge in [-0.2, -0.15) is 5.26 Å². The molecule has 0 aliphatic carbocycles. The molecule has 2 aromatic rings. The van der Waals surface area contributed by atoms with Gasteiger partial charge in [-0.05, 0) is 49.5 Å². The minimum absolute atomic E-state index is 0.420. The van der Waals surface area contributed by atoms with E-state index in [4.69, 9.17) is 5.26 Å². The Kier molecular flexibility index (Phi) is 4.49. The lowest BCUT2D eigenvalue weighted by molar-refractivity contribution is 0.259. The summed E-state index contributed by atoms with van der Waals surface area (Å²) in [5.74, 6) is 0. The van der Waals surface area contributed by atoms with Crippen molar-refractivity contribution >= 4 is 17.0 Å². The minimum atomic E-state index is 0.420. The zero-order valence-corrected chi connectivity index (χ0v) is 12.6. The van der Waals surface area contributed by atoms with Crippen LogP contribution in [0.5, 0.6) is 0 Å². The third-order valence-electron chi connectivity index (χ3n) is 3.83. The summed E-state index contributed by atoms with van der Waals surface area (Å²) in [5.41, 5.74) is 1.42. The van der Waals surface area contributed by atoms with Crippen LogP contribution in [-0.4, -0.2) is 29.5 Å². The van der Waals surface area contributed by atoms with Crippen molar-refractivity contribution in [3.8, 4) is 6.07 Å². The Morgan fingerprint density at radius 1 is 1.33 bits per heavy atom. The monoisotopic (exact) mass is 298 g/mol. The lowest BCUT2D eigenvalue weighted by Crippen LogP contribution is -2.30. The fourth-order valence-electron chi connectivity index (χ4n) is 2.72. The summed E-state index contributed by atoms with van der Waals surface area (Å²) in [4.78, 5) is 8.06. The smallest absolute Gasteiger partial charge is 0.140 e. The van der Waals surface area contributed by atoms with Crippen LogP contribution in [0, 0.1) is 11.3 Å². The van der Waals surface area contributed by atoms with Crippen molar-refractivity contribution in [2.75, 3.05) is 25.0 Å². The number of nitrogens with one attached hydrogen (secondary N) is 1. The SMILES string of the molecule is N#Cc1ccc(NCC(c2cccs2)N2CCCC2)cn1. The van der Waals surface area contributed by atoms with E-state index in [-0.39, 0.29) is 0 Å². The Hall–Kier alpha value is -1.90. The number of pyridine rings is 1. The largest absolute Gasteiger partial charge is 0.382 e. The van der Waals surface area contributed by atoms with Crippen molar-refractivity contribution in [1.82, 2.24) is 9.88 Å². The zero-order valence-electron chi connectivity index (χ0n) is 11.8. The Morgan fingerprint density at radius 3 is 2.81 bits per heavy atom. The van der Waals surface area contributed by atoms with Crippen molar-refractivity contribution in [3.63, 3.8) is 0 Å². The van der Waals surface area contributed by atoms with Gasteiger partial charge in [0.1, 0.15) is 11.8 Å². The molecular formula is C16H18N4S. The maximum atomic E-state index is 8.78. The van der Waals surface area contributed by atoms with Gasteiger partial charge in [0.25, 0.3) is 0 Å². The van der Waals surface area contributed by atoms with Gasteiger partial charge in [0.05, 0.1) is 17.9 Å². The molecular weight excluding hydrogens is 280 g/mol. The molecule has 0 aromatic carbocycles. The van der Waals surface area contributed by atoms with E-state index in [1.54, 1.807) is 12.3 Å². The molecule has 1 fully saturated rings. The van der Waals surface area contributed by atoms with Gasteiger partial charge >= 0.3 is 0 Å². The van der Waals surface area contributed by atoms with Gasteiger partial charge in [-0.15, -0.1) is 11.3 Å². The van der Waals surface area contributed by atoms with Crippen molar-refractivity contribution < 1.29 is 0 Å². The van der Waals surface area contributed by atoms with Gasteiger partial charge in [-0.1, -0.05) is 6.07 Å². The highest BCUT2D eigenvalue weighted by Gasteiger charge is 2.23. The molecule has 3 rings (SSSR count). The van der Waals surface area contributed by atoms with E-state index in [1.165, 1.54) is 30.8 Å². The molecule has 2 aromatic heterocycles. The van der Waals surface area contributed by atoms with Crippen LogP contribution in [0.2, 0.25) is 0 Å². The maximum Gasteiger partial charge on any atom is 0.140 e. The Morgan fingerprint density at radius 2 is 2.19 bits per heavy atom. The van der Waals surface area contributed by atoms with Gasteiger partial charge in [-0.25, -0.2) is 4.98 Å². The number of hydrogen-bond acceptors (Lipinski definition) is 5. The second kappa shape index (κ2) is 6.70. The van der Waals surface area contributed by atoms with E-state index < -0.39 is 0 Å². The first-order chi connectivity index (χ1) is 10.4. The molecule has 0 bridgehead atoms. The molecule has 4 nitrogen and oxygen atoms in total. The van der Waals surface area contributed by atoms with Crippen molar-refractivity contribution in [2.24, 2.45) is 0 Å². The molecule has 0 spiro atoms. The molecule has 3 heterocycles. The highest BCUT2D eigenvalue weighted by atomic mass is 32.1.